The van der Waals surface area contributed by atoms with Crippen molar-refractivity contribution < 1.29 is 0 Å². The Bertz CT molecular complexity index is 479. The van der Waals surface area contributed by atoms with Crippen LogP contribution >= 0.6 is 11.3 Å². The summed E-state index contributed by atoms with van der Waals surface area (Å²) in [6.45, 7) is 6.80. The van der Waals surface area contributed by atoms with Crippen LogP contribution in [-0.4, -0.2) is 0 Å². The van der Waals surface area contributed by atoms with Gasteiger partial charge in [-0.15, -0.1) is 11.3 Å². The van der Waals surface area contributed by atoms with Crippen molar-refractivity contribution in [2.24, 2.45) is 5.92 Å². The van der Waals surface area contributed by atoms with Gasteiger partial charge in [0.25, 0.3) is 0 Å². The van der Waals surface area contributed by atoms with E-state index in [1.165, 1.54) is 46.2 Å². The van der Waals surface area contributed by atoms with Gasteiger partial charge in [0.2, 0.25) is 0 Å². The van der Waals surface area contributed by atoms with E-state index in [9.17, 15) is 0 Å². The van der Waals surface area contributed by atoms with Crippen molar-refractivity contribution in [1.29, 1.82) is 0 Å². The van der Waals surface area contributed by atoms with Gasteiger partial charge in [0.15, 0.2) is 0 Å². The molecular formula is C16H22S. The molecule has 0 radical (unpaired) electrons. The maximum absolute atomic E-state index is 2.38. The van der Waals surface area contributed by atoms with Gasteiger partial charge in [0.05, 0.1) is 0 Å². The minimum Gasteiger partial charge on any atom is -0.141 e. The smallest absolute Gasteiger partial charge is 0.0348 e. The fourth-order valence-electron chi connectivity index (χ4n) is 2.25. The normalized spacial score (nSPS) is 11.5. The van der Waals surface area contributed by atoms with Gasteiger partial charge < -0.3 is 0 Å². The van der Waals surface area contributed by atoms with Crippen molar-refractivity contribution in [3.8, 4) is 0 Å². The van der Waals surface area contributed by atoms with Crippen LogP contribution in [0, 0.1) is 12.8 Å². The Kier molecular flexibility index (Phi) is 4.22. The molecule has 1 aromatic heterocycles. The Labute approximate surface area is 109 Å². The molecule has 2 rings (SSSR count). The predicted octanol–water partition coefficient (Wildman–Crippen LogP) is 5.58. The highest BCUT2D eigenvalue weighted by Crippen LogP contribution is 2.26. The molecule has 0 aliphatic heterocycles. The van der Waals surface area contributed by atoms with Crippen LogP contribution in [0.25, 0.3) is 10.1 Å². The van der Waals surface area contributed by atoms with Gasteiger partial charge in [0, 0.05) is 9.58 Å². The first-order valence-electron chi connectivity index (χ1n) is 6.64. The minimum atomic E-state index is 0.845. The Hall–Kier alpha value is -0.820. The van der Waals surface area contributed by atoms with Crippen molar-refractivity contribution >= 4 is 21.4 Å². The molecule has 0 bridgehead atoms. The van der Waals surface area contributed by atoms with Crippen molar-refractivity contribution in [3.05, 3.63) is 34.7 Å². The molecule has 0 atom stereocenters. The molecule has 0 nitrogen and oxygen atoms in total. The average Bonchev–Trinajstić information content (AvgIpc) is 2.63. The van der Waals surface area contributed by atoms with E-state index in [-0.39, 0.29) is 0 Å². The van der Waals surface area contributed by atoms with Crippen LogP contribution in [0.4, 0.5) is 0 Å². The summed E-state index contributed by atoms with van der Waals surface area (Å²) in [5.41, 5.74) is 1.50. The Morgan fingerprint density at radius 1 is 1.12 bits per heavy atom. The quantitative estimate of drug-likeness (QED) is 0.604. The number of rotatable bonds is 5. The number of hydrogen-bond acceptors (Lipinski definition) is 1. The Morgan fingerprint density at radius 3 is 2.71 bits per heavy atom. The zero-order chi connectivity index (χ0) is 12.3. The second-order valence-corrected chi connectivity index (χ2v) is 6.66. The van der Waals surface area contributed by atoms with Crippen LogP contribution in [-0.2, 0) is 6.42 Å². The van der Waals surface area contributed by atoms with Crippen LogP contribution in [0.2, 0.25) is 0 Å². The predicted molar refractivity (Wildman–Crippen MR) is 79.0 cm³/mol. The summed E-state index contributed by atoms with van der Waals surface area (Å²) in [5.74, 6) is 0.845. The first-order valence-corrected chi connectivity index (χ1v) is 7.46. The van der Waals surface area contributed by atoms with E-state index in [1.807, 2.05) is 11.3 Å². The summed E-state index contributed by atoms with van der Waals surface area (Å²) in [6.07, 6.45) is 5.28. The molecule has 17 heavy (non-hydrogen) atoms. The number of benzene rings is 1. The highest BCUT2D eigenvalue weighted by molar-refractivity contribution is 7.19. The standard InChI is InChI=1S/C16H22S/c1-12(2)6-4-5-7-14-8-9-15-10-13(3)17-16(15)11-14/h8-12H,4-7H2,1-3H3. The molecule has 0 spiro atoms. The van der Waals surface area contributed by atoms with E-state index >= 15 is 0 Å². The fraction of sp³-hybridized carbons (Fsp3) is 0.500. The monoisotopic (exact) mass is 246 g/mol. The first kappa shape index (κ1) is 12.6. The molecule has 0 saturated carbocycles. The van der Waals surface area contributed by atoms with Crippen molar-refractivity contribution in [1.82, 2.24) is 0 Å². The molecule has 0 N–H and O–H groups in total. The van der Waals surface area contributed by atoms with Gasteiger partial charge in [-0.3, -0.25) is 0 Å². The average molecular weight is 246 g/mol. The molecule has 0 fully saturated rings. The van der Waals surface area contributed by atoms with Crippen LogP contribution in [0.1, 0.15) is 43.6 Å². The Balaban J connectivity index is 1.94. The number of thiophene rings is 1. The molecule has 0 saturated heterocycles. The lowest BCUT2D eigenvalue weighted by atomic mass is 10.0. The van der Waals surface area contributed by atoms with Gasteiger partial charge in [-0.05, 0) is 48.8 Å². The number of unbranched alkanes of at least 4 members (excludes halogenated alkanes) is 1. The molecule has 1 aromatic carbocycles. The van der Waals surface area contributed by atoms with Gasteiger partial charge in [-0.1, -0.05) is 38.8 Å². The fourth-order valence-corrected chi connectivity index (χ4v) is 3.23. The number of fused-ring (bicyclic) bond motifs is 1. The topological polar surface area (TPSA) is 0 Å². The van der Waals surface area contributed by atoms with E-state index in [4.69, 9.17) is 0 Å². The molecule has 0 aliphatic carbocycles. The van der Waals surface area contributed by atoms with Gasteiger partial charge in [0.1, 0.15) is 0 Å². The van der Waals surface area contributed by atoms with E-state index in [0.717, 1.165) is 5.92 Å². The molecule has 2 aromatic rings. The SMILES string of the molecule is Cc1cc2ccc(CCCCC(C)C)cc2s1. The van der Waals surface area contributed by atoms with Crippen LogP contribution in [0.15, 0.2) is 24.3 Å². The van der Waals surface area contributed by atoms with Crippen molar-refractivity contribution in [2.45, 2.75) is 46.5 Å². The Morgan fingerprint density at radius 2 is 1.94 bits per heavy atom. The summed E-state index contributed by atoms with van der Waals surface area (Å²) in [5, 5.41) is 1.40. The summed E-state index contributed by atoms with van der Waals surface area (Å²) < 4.78 is 1.45. The third-order valence-corrected chi connectivity index (χ3v) is 4.22. The third-order valence-electron chi connectivity index (χ3n) is 3.20. The van der Waals surface area contributed by atoms with E-state index in [0.29, 0.717) is 0 Å². The molecule has 1 heterocycles. The summed E-state index contributed by atoms with van der Waals surface area (Å²) in [4.78, 5) is 1.41. The van der Waals surface area contributed by atoms with Crippen LogP contribution in [0.5, 0.6) is 0 Å². The van der Waals surface area contributed by atoms with Gasteiger partial charge >= 0.3 is 0 Å². The lowest BCUT2D eigenvalue weighted by Crippen LogP contribution is -1.89. The lowest BCUT2D eigenvalue weighted by molar-refractivity contribution is 0.538. The van der Waals surface area contributed by atoms with Crippen molar-refractivity contribution in [2.75, 3.05) is 0 Å². The molecule has 0 unspecified atom stereocenters. The van der Waals surface area contributed by atoms with E-state index < -0.39 is 0 Å². The van der Waals surface area contributed by atoms with Crippen molar-refractivity contribution in [3.63, 3.8) is 0 Å². The first-order chi connectivity index (χ1) is 8.15. The van der Waals surface area contributed by atoms with Gasteiger partial charge in [-0.25, -0.2) is 0 Å². The molecule has 1 heteroatoms. The van der Waals surface area contributed by atoms with Gasteiger partial charge in [-0.2, -0.15) is 0 Å². The summed E-state index contributed by atoms with van der Waals surface area (Å²) >= 11 is 1.91. The number of aryl methyl sites for hydroxylation is 2. The molecular weight excluding hydrogens is 224 g/mol. The summed E-state index contributed by atoms with van der Waals surface area (Å²) in [7, 11) is 0. The number of hydrogen-bond donors (Lipinski definition) is 0. The summed E-state index contributed by atoms with van der Waals surface area (Å²) in [6, 6.07) is 9.23. The second-order valence-electron chi connectivity index (χ2n) is 5.37. The van der Waals surface area contributed by atoms with E-state index in [2.05, 4.69) is 45.0 Å². The lowest BCUT2D eigenvalue weighted by Gasteiger charge is -2.04. The third kappa shape index (κ3) is 3.57. The zero-order valence-electron chi connectivity index (χ0n) is 11.1. The highest BCUT2D eigenvalue weighted by Gasteiger charge is 2.01. The zero-order valence-corrected chi connectivity index (χ0v) is 11.9. The minimum absolute atomic E-state index is 0.845. The highest BCUT2D eigenvalue weighted by atomic mass is 32.1. The van der Waals surface area contributed by atoms with Crippen LogP contribution < -0.4 is 0 Å². The van der Waals surface area contributed by atoms with Crippen LogP contribution in [0.3, 0.4) is 0 Å². The maximum Gasteiger partial charge on any atom is 0.0348 e. The maximum atomic E-state index is 2.38. The largest absolute Gasteiger partial charge is 0.141 e. The molecule has 0 amide bonds. The molecule has 0 aliphatic rings. The van der Waals surface area contributed by atoms with E-state index in [1.54, 1.807) is 0 Å². The molecule has 92 valence electrons. The second kappa shape index (κ2) is 5.68.